The van der Waals surface area contributed by atoms with Crippen LogP contribution in [0, 0.1) is 6.92 Å². The maximum Gasteiger partial charge on any atom is 0.224 e. The Balaban J connectivity index is 1.64. The fraction of sp³-hybridized carbons (Fsp3) is 0.261. The summed E-state index contributed by atoms with van der Waals surface area (Å²) in [5.74, 6) is 1.61. The summed E-state index contributed by atoms with van der Waals surface area (Å²) in [7, 11) is 4.71. The van der Waals surface area contributed by atoms with E-state index in [1.807, 2.05) is 37.3 Å². The van der Waals surface area contributed by atoms with Crippen molar-refractivity contribution in [3.8, 4) is 17.2 Å². The third-order valence-corrected chi connectivity index (χ3v) is 5.51. The quantitative estimate of drug-likeness (QED) is 0.490. The summed E-state index contributed by atoms with van der Waals surface area (Å²) in [5.41, 5.74) is 2.63. The van der Waals surface area contributed by atoms with Gasteiger partial charge in [0.2, 0.25) is 11.7 Å². The topological polar surface area (TPSA) is 82.6 Å². The summed E-state index contributed by atoms with van der Waals surface area (Å²) in [4.78, 5) is 22.0. The molecule has 31 heavy (non-hydrogen) atoms. The van der Waals surface area contributed by atoms with Crippen LogP contribution in [0.3, 0.4) is 0 Å². The first-order chi connectivity index (χ1) is 15.0. The lowest BCUT2D eigenvalue weighted by Crippen LogP contribution is -2.13. The normalized spacial score (nSPS) is 10.5. The van der Waals surface area contributed by atoms with Crippen LogP contribution in [-0.4, -0.2) is 37.2 Å². The SMILES string of the molecule is COc1ccc(CCC(=O)Nc2ccc(Sc3ncccn3)cc2C)c(OC)c1OC. The van der Waals surface area contributed by atoms with Gasteiger partial charge in [-0.15, -0.1) is 0 Å². The van der Waals surface area contributed by atoms with Crippen LogP contribution in [0.4, 0.5) is 5.69 Å². The second-order valence-corrected chi connectivity index (χ2v) is 7.69. The molecule has 0 atom stereocenters. The third kappa shape index (κ3) is 5.67. The van der Waals surface area contributed by atoms with Gasteiger partial charge in [0, 0.05) is 29.4 Å². The molecule has 162 valence electrons. The Kier molecular flexibility index (Phi) is 7.72. The molecule has 0 aliphatic heterocycles. The van der Waals surface area contributed by atoms with Crippen LogP contribution in [0.1, 0.15) is 17.5 Å². The lowest BCUT2D eigenvalue weighted by Gasteiger charge is -2.16. The molecule has 8 heteroatoms. The van der Waals surface area contributed by atoms with E-state index in [0.29, 0.717) is 35.2 Å². The van der Waals surface area contributed by atoms with E-state index in [2.05, 4.69) is 15.3 Å². The Morgan fingerprint density at radius 3 is 2.39 bits per heavy atom. The number of amides is 1. The molecule has 3 aromatic rings. The van der Waals surface area contributed by atoms with Crippen molar-refractivity contribution >= 4 is 23.4 Å². The number of aromatic nitrogens is 2. The number of hydrogen-bond donors (Lipinski definition) is 1. The highest BCUT2D eigenvalue weighted by Crippen LogP contribution is 2.40. The maximum absolute atomic E-state index is 12.6. The number of carbonyl (C=O) groups is 1. The second-order valence-electron chi connectivity index (χ2n) is 6.65. The second kappa shape index (κ2) is 10.7. The molecule has 0 radical (unpaired) electrons. The monoisotopic (exact) mass is 439 g/mol. The van der Waals surface area contributed by atoms with Crippen LogP contribution in [0.25, 0.3) is 0 Å². The zero-order chi connectivity index (χ0) is 22.2. The third-order valence-electron chi connectivity index (χ3n) is 4.63. The molecule has 0 aliphatic carbocycles. The molecule has 3 rings (SSSR count). The van der Waals surface area contributed by atoms with Crippen molar-refractivity contribution in [3.05, 3.63) is 59.9 Å². The molecule has 2 aromatic carbocycles. The van der Waals surface area contributed by atoms with Gasteiger partial charge in [-0.1, -0.05) is 6.07 Å². The molecule has 0 saturated carbocycles. The van der Waals surface area contributed by atoms with E-state index in [0.717, 1.165) is 21.7 Å². The van der Waals surface area contributed by atoms with Gasteiger partial charge < -0.3 is 19.5 Å². The van der Waals surface area contributed by atoms with E-state index in [-0.39, 0.29) is 5.91 Å². The number of nitrogens with zero attached hydrogens (tertiary/aromatic N) is 2. The molecular formula is C23H25N3O4S. The van der Waals surface area contributed by atoms with E-state index in [4.69, 9.17) is 14.2 Å². The molecule has 0 saturated heterocycles. The lowest BCUT2D eigenvalue weighted by atomic mass is 10.1. The van der Waals surface area contributed by atoms with Crippen LogP contribution in [0.15, 0.2) is 58.8 Å². The predicted octanol–water partition coefficient (Wildman–Crippen LogP) is 4.53. The molecular weight excluding hydrogens is 414 g/mol. The summed E-state index contributed by atoms with van der Waals surface area (Å²) in [6.45, 7) is 1.96. The van der Waals surface area contributed by atoms with Gasteiger partial charge in [-0.05, 0) is 66.6 Å². The number of aryl methyl sites for hydroxylation is 2. The molecule has 0 unspecified atom stereocenters. The Morgan fingerprint density at radius 1 is 1.00 bits per heavy atom. The molecule has 1 amide bonds. The maximum atomic E-state index is 12.6. The minimum Gasteiger partial charge on any atom is -0.493 e. The van der Waals surface area contributed by atoms with Gasteiger partial charge in [0.1, 0.15) is 0 Å². The summed E-state index contributed by atoms with van der Waals surface area (Å²) in [6, 6.07) is 11.3. The Hall–Kier alpha value is -3.26. The molecule has 0 aliphatic rings. The van der Waals surface area contributed by atoms with Crippen LogP contribution >= 0.6 is 11.8 Å². The highest BCUT2D eigenvalue weighted by molar-refractivity contribution is 7.99. The molecule has 1 N–H and O–H groups in total. The van der Waals surface area contributed by atoms with Crippen molar-refractivity contribution in [3.63, 3.8) is 0 Å². The number of rotatable bonds is 9. The van der Waals surface area contributed by atoms with Gasteiger partial charge in [0.25, 0.3) is 0 Å². The molecule has 0 bridgehead atoms. The molecule has 7 nitrogen and oxygen atoms in total. The van der Waals surface area contributed by atoms with Crippen molar-refractivity contribution < 1.29 is 19.0 Å². The number of ether oxygens (including phenoxy) is 3. The van der Waals surface area contributed by atoms with Crippen molar-refractivity contribution in [2.45, 2.75) is 29.8 Å². The highest BCUT2D eigenvalue weighted by Gasteiger charge is 2.16. The standard InChI is InChI=1S/C23H25N3O4S/c1-15-14-17(31-23-24-12-5-13-25-23)8-9-18(15)26-20(27)11-7-16-6-10-19(28-2)22(30-4)21(16)29-3/h5-6,8-10,12-14H,7,11H2,1-4H3,(H,26,27). The van der Waals surface area contributed by atoms with Crippen molar-refractivity contribution in [1.29, 1.82) is 0 Å². The van der Waals surface area contributed by atoms with Gasteiger partial charge in [0.05, 0.1) is 21.3 Å². The fourth-order valence-corrected chi connectivity index (χ4v) is 3.91. The molecule has 1 aromatic heterocycles. The van der Waals surface area contributed by atoms with Gasteiger partial charge >= 0.3 is 0 Å². The predicted molar refractivity (Wildman–Crippen MR) is 120 cm³/mol. The Bertz CT molecular complexity index is 1040. The molecule has 0 fully saturated rings. The zero-order valence-electron chi connectivity index (χ0n) is 18.0. The first-order valence-corrected chi connectivity index (χ1v) is 10.5. The van der Waals surface area contributed by atoms with Crippen molar-refractivity contribution in [1.82, 2.24) is 9.97 Å². The van der Waals surface area contributed by atoms with Crippen LogP contribution < -0.4 is 19.5 Å². The lowest BCUT2D eigenvalue weighted by molar-refractivity contribution is -0.116. The van der Waals surface area contributed by atoms with Crippen LogP contribution in [-0.2, 0) is 11.2 Å². The number of methoxy groups -OCH3 is 3. The first kappa shape index (κ1) is 22.4. The average Bonchev–Trinajstić information content (AvgIpc) is 2.79. The highest BCUT2D eigenvalue weighted by atomic mass is 32.2. The largest absolute Gasteiger partial charge is 0.493 e. The van der Waals surface area contributed by atoms with E-state index in [9.17, 15) is 4.79 Å². The number of nitrogens with one attached hydrogen (secondary N) is 1. The van der Waals surface area contributed by atoms with E-state index >= 15 is 0 Å². The van der Waals surface area contributed by atoms with Gasteiger partial charge in [-0.2, -0.15) is 0 Å². The number of carbonyl (C=O) groups excluding carboxylic acids is 1. The summed E-state index contributed by atoms with van der Waals surface area (Å²) in [5, 5.41) is 3.67. The van der Waals surface area contributed by atoms with E-state index in [1.54, 1.807) is 39.8 Å². The average molecular weight is 440 g/mol. The number of anilines is 1. The van der Waals surface area contributed by atoms with E-state index < -0.39 is 0 Å². The summed E-state index contributed by atoms with van der Waals surface area (Å²) < 4.78 is 16.2. The summed E-state index contributed by atoms with van der Waals surface area (Å²) in [6.07, 6.45) is 4.24. The minimum absolute atomic E-state index is 0.0771. The number of benzene rings is 2. The van der Waals surface area contributed by atoms with E-state index in [1.165, 1.54) is 11.8 Å². The van der Waals surface area contributed by atoms with Crippen LogP contribution in [0.2, 0.25) is 0 Å². The number of hydrogen-bond acceptors (Lipinski definition) is 7. The van der Waals surface area contributed by atoms with Gasteiger partial charge in [0.15, 0.2) is 16.7 Å². The Labute approximate surface area is 186 Å². The zero-order valence-corrected chi connectivity index (χ0v) is 18.8. The van der Waals surface area contributed by atoms with Crippen LogP contribution in [0.5, 0.6) is 17.2 Å². The fourth-order valence-electron chi connectivity index (χ4n) is 3.10. The Morgan fingerprint density at radius 2 is 1.74 bits per heavy atom. The smallest absolute Gasteiger partial charge is 0.224 e. The van der Waals surface area contributed by atoms with Gasteiger partial charge in [-0.3, -0.25) is 4.79 Å². The first-order valence-electron chi connectivity index (χ1n) is 9.69. The van der Waals surface area contributed by atoms with Gasteiger partial charge in [-0.25, -0.2) is 9.97 Å². The van der Waals surface area contributed by atoms with Crippen molar-refractivity contribution in [2.75, 3.05) is 26.6 Å². The minimum atomic E-state index is -0.0771. The molecule has 1 heterocycles. The summed E-state index contributed by atoms with van der Waals surface area (Å²) >= 11 is 1.48. The molecule has 0 spiro atoms. The van der Waals surface area contributed by atoms with Crippen molar-refractivity contribution in [2.24, 2.45) is 0 Å².